The van der Waals surface area contributed by atoms with E-state index in [0.29, 0.717) is 11.6 Å². The Morgan fingerprint density at radius 2 is 2.12 bits per heavy atom. The zero-order valence-electron chi connectivity index (χ0n) is 9.59. The van der Waals surface area contributed by atoms with Crippen molar-refractivity contribution in [1.82, 2.24) is 5.32 Å². The van der Waals surface area contributed by atoms with Crippen LogP contribution in [0.25, 0.3) is 0 Å². The lowest BCUT2D eigenvalue weighted by Gasteiger charge is -2.16. The minimum absolute atomic E-state index is 0.260. The molecule has 0 aliphatic carbocycles. The molecule has 0 saturated heterocycles. The van der Waals surface area contributed by atoms with Gasteiger partial charge in [-0.15, -0.1) is 0 Å². The SMILES string of the molecule is CCOCC(Cc1cc(Cl)ccc1Cl)NC. The van der Waals surface area contributed by atoms with Gasteiger partial charge in [-0.05, 0) is 44.2 Å². The molecular weight excluding hydrogens is 245 g/mol. The Morgan fingerprint density at radius 3 is 2.75 bits per heavy atom. The van der Waals surface area contributed by atoms with E-state index >= 15 is 0 Å². The minimum atomic E-state index is 0.260. The third kappa shape index (κ3) is 4.30. The standard InChI is InChI=1S/C12H17Cl2NO/c1-3-16-8-11(15-2)7-9-6-10(13)4-5-12(9)14/h4-6,11,15H,3,7-8H2,1-2H3. The van der Waals surface area contributed by atoms with Gasteiger partial charge in [0.2, 0.25) is 0 Å². The van der Waals surface area contributed by atoms with Gasteiger partial charge in [0.05, 0.1) is 6.61 Å². The summed E-state index contributed by atoms with van der Waals surface area (Å²) in [5, 5.41) is 4.67. The van der Waals surface area contributed by atoms with E-state index in [1.54, 1.807) is 6.07 Å². The van der Waals surface area contributed by atoms with Gasteiger partial charge in [0, 0.05) is 22.7 Å². The van der Waals surface area contributed by atoms with Crippen molar-refractivity contribution in [3.63, 3.8) is 0 Å². The molecule has 0 spiro atoms. The fourth-order valence-corrected chi connectivity index (χ4v) is 1.86. The molecule has 0 fully saturated rings. The molecule has 2 nitrogen and oxygen atoms in total. The summed E-state index contributed by atoms with van der Waals surface area (Å²) in [6.07, 6.45) is 0.815. The van der Waals surface area contributed by atoms with Crippen LogP contribution in [0.15, 0.2) is 18.2 Å². The highest BCUT2D eigenvalue weighted by Crippen LogP contribution is 2.21. The van der Waals surface area contributed by atoms with E-state index in [1.807, 2.05) is 26.1 Å². The molecule has 0 aliphatic rings. The summed E-state index contributed by atoms with van der Waals surface area (Å²) in [4.78, 5) is 0. The Labute approximate surface area is 107 Å². The number of nitrogens with one attached hydrogen (secondary N) is 1. The van der Waals surface area contributed by atoms with Crippen molar-refractivity contribution in [2.45, 2.75) is 19.4 Å². The molecule has 1 aromatic rings. The first-order chi connectivity index (χ1) is 7.67. The van der Waals surface area contributed by atoms with Crippen LogP contribution < -0.4 is 5.32 Å². The Morgan fingerprint density at radius 1 is 1.38 bits per heavy atom. The molecule has 0 radical (unpaired) electrons. The molecule has 0 bridgehead atoms. The number of benzene rings is 1. The summed E-state index contributed by atoms with van der Waals surface area (Å²) in [5.74, 6) is 0. The van der Waals surface area contributed by atoms with Crippen LogP contribution in [-0.4, -0.2) is 26.3 Å². The molecule has 1 atom stereocenters. The maximum Gasteiger partial charge on any atom is 0.0622 e. The number of ether oxygens (including phenoxy) is 1. The Hall–Kier alpha value is -0.280. The second-order valence-corrected chi connectivity index (χ2v) is 4.43. The molecule has 0 heterocycles. The lowest BCUT2D eigenvalue weighted by Crippen LogP contribution is -2.32. The fourth-order valence-electron chi connectivity index (χ4n) is 1.47. The van der Waals surface area contributed by atoms with E-state index < -0.39 is 0 Å². The number of likely N-dealkylation sites (N-methyl/N-ethyl adjacent to an activating group) is 1. The van der Waals surface area contributed by atoms with E-state index in [4.69, 9.17) is 27.9 Å². The van der Waals surface area contributed by atoms with Crippen LogP contribution in [-0.2, 0) is 11.2 Å². The first-order valence-corrected chi connectivity index (χ1v) is 6.12. The van der Waals surface area contributed by atoms with Gasteiger partial charge in [-0.25, -0.2) is 0 Å². The second-order valence-electron chi connectivity index (χ2n) is 3.58. The number of hydrogen-bond donors (Lipinski definition) is 1. The average molecular weight is 262 g/mol. The summed E-state index contributed by atoms with van der Waals surface area (Å²) < 4.78 is 5.39. The van der Waals surface area contributed by atoms with Gasteiger partial charge in [-0.1, -0.05) is 23.2 Å². The average Bonchev–Trinajstić information content (AvgIpc) is 2.28. The van der Waals surface area contributed by atoms with Gasteiger partial charge in [-0.2, -0.15) is 0 Å². The molecule has 4 heteroatoms. The lowest BCUT2D eigenvalue weighted by molar-refractivity contribution is 0.125. The molecule has 0 amide bonds. The van der Waals surface area contributed by atoms with Gasteiger partial charge >= 0.3 is 0 Å². The molecule has 1 unspecified atom stereocenters. The highest BCUT2D eigenvalue weighted by molar-refractivity contribution is 6.33. The molecular formula is C12H17Cl2NO. The number of rotatable bonds is 6. The number of hydrogen-bond acceptors (Lipinski definition) is 2. The minimum Gasteiger partial charge on any atom is -0.380 e. The third-order valence-corrected chi connectivity index (χ3v) is 3.01. The van der Waals surface area contributed by atoms with Crippen molar-refractivity contribution in [2.75, 3.05) is 20.3 Å². The Balaban J connectivity index is 2.65. The van der Waals surface area contributed by atoms with Crippen molar-refractivity contribution < 1.29 is 4.74 Å². The topological polar surface area (TPSA) is 21.3 Å². The molecule has 0 aromatic heterocycles. The van der Waals surface area contributed by atoms with Crippen molar-refractivity contribution in [3.8, 4) is 0 Å². The highest BCUT2D eigenvalue weighted by Gasteiger charge is 2.10. The van der Waals surface area contributed by atoms with Crippen LogP contribution in [0.4, 0.5) is 0 Å². The smallest absolute Gasteiger partial charge is 0.0622 e. The van der Waals surface area contributed by atoms with E-state index in [-0.39, 0.29) is 6.04 Å². The van der Waals surface area contributed by atoms with Crippen LogP contribution >= 0.6 is 23.2 Å². The molecule has 90 valence electrons. The molecule has 1 aromatic carbocycles. The molecule has 0 saturated carbocycles. The summed E-state index contributed by atoms with van der Waals surface area (Å²) in [6, 6.07) is 5.79. The van der Waals surface area contributed by atoms with E-state index in [9.17, 15) is 0 Å². The molecule has 0 aliphatic heterocycles. The zero-order valence-corrected chi connectivity index (χ0v) is 11.1. The largest absolute Gasteiger partial charge is 0.380 e. The van der Waals surface area contributed by atoms with Crippen LogP contribution in [0.1, 0.15) is 12.5 Å². The molecule has 1 N–H and O–H groups in total. The Kier molecular flexibility index (Phi) is 6.14. The first-order valence-electron chi connectivity index (χ1n) is 5.36. The predicted molar refractivity (Wildman–Crippen MR) is 69.5 cm³/mol. The van der Waals surface area contributed by atoms with Crippen LogP contribution in [0.5, 0.6) is 0 Å². The van der Waals surface area contributed by atoms with Crippen LogP contribution in [0.3, 0.4) is 0 Å². The monoisotopic (exact) mass is 261 g/mol. The zero-order chi connectivity index (χ0) is 12.0. The van der Waals surface area contributed by atoms with Gasteiger partial charge < -0.3 is 10.1 Å². The second kappa shape index (κ2) is 7.13. The van der Waals surface area contributed by atoms with Crippen molar-refractivity contribution in [2.24, 2.45) is 0 Å². The van der Waals surface area contributed by atoms with Crippen LogP contribution in [0, 0.1) is 0 Å². The quantitative estimate of drug-likeness (QED) is 0.850. The maximum atomic E-state index is 6.10. The number of halogens is 2. The van der Waals surface area contributed by atoms with Crippen molar-refractivity contribution in [1.29, 1.82) is 0 Å². The summed E-state index contributed by atoms with van der Waals surface area (Å²) in [5.41, 5.74) is 1.05. The van der Waals surface area contributed by atoms with Gasteiger partial charge in [-0.3, -0.25) is 0 Å². The fraction of sp³-hybridized carbons (Fsp3) is 0.500. The maximum absolute atomic E-state index is 6.10. The van der Waals surface area contributed by atoms with Crippen molar-refractivity contribution in [3.05, 3.63) is 33.8 Å². The van der Waals surface area contributed by atoms with Gasteiger partial charge in [0.1, 0.15) is 0 Å². The van der Waals surface area contributed by atoms with Crippen molar-refractivity contribution >= 4 is 23.2 Å². The summed E-state index contributed by atoms with van der Waals surface area (Å²) in [7, 11) is 1.92. The lowest BCUT2D eigenvalue weighted by atomic mass is 10.1. The van der Waals surface area contributed by atoms with Gasteiger partial charge in [0.25, 0.3) is 0 Å². The summed E-state index contributed by atoms with van der Waals surface area (Å²) in [6.45, 7) is 3.39. The van der Waals surface area contributed by atoms with E-state index in [0.717, 1.165) is 23.6 Å². The predicted octanol–water partition coefficient (Wildman–Crippen LogP) is 3.16. The van der Waals surface area contributed by atoms with Gasteiger partial charge in [0.15, 0.2) is 0 Å². The summed E-state index contributed by atoms with van der Waals surface area (Å²) >= 11 is 12.0. The Bertz CT molecular complexity index is 331. The first kappa shape index (κ1) is 13.8. The highest BCUT2D eigenvalue weighted by atomic mass is 35.5. The van der Waals surface area contributed by atoms with Crippen LogP contribution in [0.2, 0.25) is 10.0 Å². The van der Waals surface area contributed by atoms with E-state index in [1.165, 1.54) is 0 Å². The molecule has 1 rings (SSSR count). The molecule has 16 heavy (non-hydrogen) atoms. The van der Waals surface area contributed by atoms with E-state index in [2.05, 4.69) is 5.32 Å². The normalized spacial score (nSPS) is 12.8. The third-order valence-electron chi connectivity index (χ3n) is 2.41.